The molecule has 1 aliphatic heterocycles. The second kappa shape index (κ2) is 3.26. The van der Waals surface area contributed by atoms with Gasteiger partial charge < -0.3 is 9.47 Å². The molecule has 2 rings (SSSR count). The van der Waals surface area contributed by atoms with Gasteiger partial charge in [-0.15, -0.1) is 0 Å². The average Bonchev–Trinajstić information content (AvgIpc) is 2.18. The van der Waals surface area contributed by atoms with Gasteiger partial charge in [-0.2, -0.15) is 0 Å². The molecule has 1 aromatic carbocycles. The Labute approximate surface area is 89.0 Å². The van der Waals surface area contributed by atoms with Crippen LogP contribution in [-0.4, -0.2) is 18.5 Å². The fourth-order valence-corrected chi connectivity index (χ4v) is 1.62. The molecular weight excluding hydrogens is 192 g/mol. The molecule has 0 N–H and O–H groups in total. The summed E-state index contributed by atoms with van der Waals surface area (Å²) in [5, 5.41) is 0. The van der Waals surface area contributed by atoms with Crippen LogP contribution in [0, 0.1) is 0 Å². The summed E-state index contributed by atoms with van der Waals surface area (Å²) in [7, 11) is 1.61. The Morgan fingerprint density at radius 2 is 2.13 bits per heavy atom. The lowest BCUT2D eigenvalue weighted by Gasteiger charge is -2.31. The van der Waals surface area contributed by atoms with Crippen LogP contribution in [0.3, 0.4) is 0 Å². The van der Waals surface area contributed by atoms with E-state index in [9.17, 15) is 4.79 Å². The first-order valence-corrected chi connectivity index (χ1v) is 4.92. The molecule has 1 aromatic rings. The Morgan fingerprint density at radius 3 is 2.80 bits per heavy atom. The van der Waals surface area contributed by atoms with Crippen LogP contribution >= 0.6 is 0 Å². The van der Waals surface area contributed by atoms with Gasteiger partial charge in [0.2, 0.25) is 0 Å². The minimum Gasteiger partial charge on any atom is -0.497 e. The molecule has 0 radical (unpaired) electrons. The van der Waals surface area contributed by atoms with Gasteiger partial charge >= 0.3 is 0 Å². The Hall–Kier alpha value is -1.51. The first kappa shape index (κ1) is 10.0. The van der Waals surface area contributed by atoms with Gasteiger partial charge in [0, 0.05) is 18.1 Å². The highest BCUT2D eigenvalue weighted by Gasteiger charge is 2.35. The van der Waals surface area contributed by atoms with Crippen molar-refractivity contribution in [3.05, 3.63) is 23.8 Å². The predicted octanol–water partition coefficient (Wildman–Crippen LogP) is 1.98. The van der Waals surface area contributed by atoms with E-state index in [0.717, 1.165) is 17.1 Å². The zero-order valence-electron chi connectivity index (χ0n) is 9.16. The molecule has 0 aromatic heterocycles. The highest BCUT2D eigenvalue weighted by atomic mass is 16.5. The topological polar surface area (TPSA) is 35.5 Å². The highest BCUT2D eigenvalue weighted by molar-refractivity contribution is 5.90. The van der Waals surface area contributed by atoms with Crippen molar-refractivity contribution in [1.82, 2.24) is 0 Å². The Balaban J connectivity index is 2.42. The number of benzene rings is 1. The maximum Gasteiger partial charge on any atom is 0.180 e. The summed E-state index contributed by atoms with van der Waals surface area (Å²) in [5.74, 6) is 1.61. The summed E-state index contributed by atoms with van der Waals surface area (Å²) >= 11 is 0. The van der Waals surface area contributed by atoms with Crippen molar-refractivity contribution in [2.24, 2.45) is 0 Å². The molecule has 0 bridgehead atoms. The molecule has 0 saturated heterocycles. The third-order valence-electron chi connectivity index (χ3n) is 2.66. The molecule has 3 nitrogen and oxygen atoms in total. The van der Waals surface area contributed by atoms with Crippen molar-refractivity contribution in [3.63, 3.8) is 0 Å². The third kappa shape index (κ3) is 1.69. The Morgan fingerprint density at radius 1 is 1.40 bits per heavy atom. The SMILES string of the molecule is COc1ccc2c(c1)OC(C)(C)C(=O)C2. The van der Waals surface area contributed by atoms with Crippen LogP contribution in [0.1, 0.15) is 19.4 Å². The fourth-order valence-electron chi connectivity index (χ4n) is 1.62. The monoisotopic (exact) mass is 206 g/mol. The second-order valence-electron chi connectivity index (χ2n) is 4.19. The van der Waals surface area contributed by atoms with Crippen LogP contribution in [0.4, 0.5) is 0 Å². The number of hydrogen-bond donors (Lipinski definition) is 0. The van der Waals surface area contributed by atoms with Crippen molar-refractivity contribution in [3.8, 4) is 11.5 Å². The summed E-state index contributed by atoms with van der Waals surface area (Å²) in [6.07, 6.45) is 0.437. The number of methoxy groups -OCH3 is 1. The average molecular weight is 206 g/mol. The number of carbonyl (C=O) groups excluding carboxylic acids is 1. The molecule has 0 amide bonds. The molecule has 1 heterocycles. The van der Waals surface area contributed by atoms with Crippen LogP contribution < -0.4 is 9.47 Å². The van der Waals surface area contributed by atoms with E-state index in [0.29, 0.717) is 6.42 Å². The van der Waals surface area contributed by atoms with Crippen molar-refractivity contribution in [2.75, 3.05) is 7.11 Å². The maximum atomic E-state index is 11.7. The lowest BCUT2D eigenvalue weighted by atomic mass is 9.93. The summed E-state index contributed by atoms with van der Waals surface area (Å²) in [4.78, 5) is 11.7. The fraction of sp³-hybridized carbons (Fsp3) is 0.417. The minimum atomic E-state index is -0.723. The van der Waals surface area contributed by atoms with Gasteiger partial charge in [0.25, 0.3) is 0 Å². The molecule has 3 heteroatoms. The number of hydrogen-bond acceptors (Lipinski definition) is 3. The van der Waals surface area contributed by atoms with Crippen LogP contribution in [0.2, 0.25) is 0 Å². The van der Waals surface area contributed by atoms with Gasteiger partial charge in [-0.25, -0.2) is 0 Å². The van der Waals surface area contributed by atoms with Gasteiger partial charge in [0.15, 0.2) is 11.4 Å². The van der Waals surface area contributed by atoms with Crippen molar-refractivity contribution in [2.45, 2.75) is 25.9 Å². The lowest BCUT2D eigenvalue weighted by molar-refractivity contribution is -0.132. The van der Waals surface area contributed by atoms with Gasteiger partial charge in [0.05, 0.1) is 7.11 Å². The van der Waals surface area contributed by atoms with Gasteiger partial charge in [-0.1, -0.05) is 6.07 Å². The molecule has 80 valence electrons. The molecule has 15 heavy (non-hydrogen) atoms. The highest BCUT2D eigenvalue weighted by Crippen LogP contribution is 2.33. The van der Waals surface area contributed by atoms with Crippen LogP contribution in [-0.2, 0) is 11.2 Å². The van der Waals surface area contributed by atoms with E-state index in [1.54, 1.807) is 21.0 Å². The first-order chi connectivity index (χ1) is 7.03. The van der Waals surface area contributed by atoms with E-state index in [4.69, 9.17) is 9.47 Å². The lowest BCUT2D eigenvalue weighted by Crippen LogP contribution is -2.42. The Kier molecular flexibility index (Phi) is 2.18. The zero-order chi connectivity index (χ0) is 11.1. The van der Waals surface area contributed by atoms with Gasteiger partial charge in [-0.3, -0.25) is 4.79 Å². The first-order valence-electron chi connectivity index (χ1n) is 4.92. The van der Waals surface area contributed by atoms with Gasteiger partial charge in [-0.05, 0) is 19.9 Å². The van der Waals surface area contributed by atoms with Gasteiger partial charge in [0.1, 0.15) is 11.5 Å². The number of ketones is 1. The summed E-state index contributed by atoms with van der Waals surface area (Å²) in [6, 6.07) is 5.54. The zero-order valence-corrected chi connectivity index (χ0v) is 9.16. The number of ether oxygens (including phenoxy) is 2. The maximum absolute atomic E-state index is 11.7. The molecule has 0 unspecified atom stereocenters. The smallest absolute Gasteiger partial charge is 0.180 e. The standard InChI is InChI=1S/C12H14O3/c1-12(2)11(13)6-8-4-5-9(14-3)7-10(8)15-12/h4-5,7H,6H2,1-3H3. The van der Waals surface area contributed by atoms with Crippen LogP contribution in [0.25, 0.3) is 0 Å². The number of carbonyl (C=O) groups is 1. The largest absolute Gasteiger partial charge is 0.497 e. The molecule has 0 saturated carbocycles. The molecule has 0 spiro atoms. The number of rotatable bonds is 1. The molecule has 1 aliphatic rings. The van der Waals surface area contributed by atoms with Crippen LogP contribution in [0.5, 0.6) is 11.5 Å². The van der Waals surface area contributed by atoms with E-state index < -0.39 is 5.60 Å². The predicted molar refractivity (Wildman–Crippen MR) is 56.4 cm³/mol. The number of fused-ring (bicyclic) bond motifs is 1. The normalized spacial score (nSPS) is 17.9. The molecular formula is C12H14O3. The van der Waals surface area contributed by atoms with E-state index in [1.165, 1.54) is 0 Å². The van der Waals surface area contributed by atoms with Crippen LogP contribution in [0.15, 0.2) is 18.2 Å². The minimum absolute atomic E-state index is 0.111. The Bertz CT molecular complexity index is 407. The van der Waals surface area contributed by atoms with Crippen molar-refractivity contribution in [1.29, 1.82) is 0 Å². The van der Waals surface area contributed by atoms with Crippen molar-refractivity contribution >= 4 is 5.78 Å². The van der Waals surface area contributed by atoms with E-state index >= 15 is 0 Å². The summed E-state index contributed by atoms with van der Waals surface area (Å²) < 4.78 is 10.8. The molecule has 0 atom stereocenters. The third-order valence-corrected chi connectivity index (χ3v) is 2.66. The van der Waals surface area contributed by atoms with Crippen molar-refractivity contribution < 1.29 is 14.3 Å². The van der Waals surface area contributed by atoms with E-state index in [2.05, 4.69) is 0 Å². The summed E-state index contributed by atoms with van der Waals surface area (Å²) in [6.45, 7) is 3.58. The number of Topliss-reactive ketones (excluding diaryl/α,β-unsaturated/α-hetero) is 1. The quantitative estimate of drug-likeness (QED) is 0.704. The summed E-state index contributed by atoms with van der Waals surface area (Å²) in [5.41, 5.74) is 0.208. The second-order valence-corrected chi connectivity index (χ2v) is 4.19. The molecule has 0 aliphatic carbocycles. The van der Waals surface area contributed by atoms with E-state index in [1.807, 2.05) is 18.2 Å². The molecule has 0 fully saturated rings. The van der Waals surface area contributed by atoms with E-state index in [-0.39, 0.29) is 5.78 Å².